The first-order chi connectivity index (χ1) is 12.1. The molecule has 0 aliphatic carbocycles. The van der Waals surface area contributed by atoms with Gasteiger partial charge in [0.25, 0.3) is 5.91 Å². The van der Waals surface area contributed by atoms with E-state index in [1.807, 2.05) is 54.1 Å². The van der Waals surface area contributed by atoms with Gasteiger partial charge < -0.3 is 4.90 Å². The molecule has 1 amide bonds. The van der Waals surface area contributed by atoms with E-state index >= 15 is 0 Å². The lowest BCUT2D eigenvalue weighted by atomic mass is 10.0. The topological polar surface area (TPSA) is 68.8 Å². The Labute approximate surface area is 146 Å². The summed E-state index contributed by atoms with van der Waals surface area (Å²) in [4.78, 5) is 15.1. The molecule has 1 aromatic carbocycles. The van der Waals surface area contributed by atoms with Gasteiger partial charge in [-0.3, -0.25) is 9.48 Å². The molecule has 0 saturated carbocycles. The highest BCUT2D eigenvalue weighted by molar-refractivity contribution is 5.97. The van der Waals surface area contributed by atoms with E-state index in [1.54, 1.807) is 4.68 Å². The number of carbonyl (C=O) groups is 1. The standard InChI is InChI=1S/C18H22N6O/c1-13-10-19-23(11-13)12-15-5-3-4-8-24(15)18(25)14-6-7-17-16(9-14)20-21-22(17)2/h6-7,9-11,15H,3-5,8,12H2,1-2H3/t15-/m1/s1. The molecule has 0 N–H and O–H groups in total. The van der Waals surface area contributed by atoms with Crippen molar-refractivity contribution in [2.24, 2.45) is 7.05 Å². The fraction of sp³-hybridized carbons (Fsp3) is 0.444. The van der Waals surface area contributed by atoms with E-state index < -0.39 is 0 Å². The summed E-state index contributed by atoms with van der Waals surface area (Å²) in [6.45, 7) is 3.57. The number of carbonyl (C=O) groups excluding carboxylic acids is 1. The smallest absolute Gasteiger partial charge is 0.254 e. The minimum atomic E-state index is 0.0705. The highest BCUT2D eigenvalue weighted by Gasteiger charge is 2.28. The van der Waals surface area contributed by atoms with E-state index in [-0.39, 0.29) is 11.9 Å². The number of likely N-dealkylation sites (tertiary alicyclic amines) is 1. The van der Waals surface area contributed by atoms with Gasteiger partial charge in [-0.05, 0) is 49.9 Å². The van der Waals surface area contributed by atoms with Crippen molar-refractivity contribution in [1.29, 1.82) is 0 Å². The summed E-state index contributed by atoms with van der Waals surface area (Å²) >= 11 is 0. The van der Waals surface area contributed by atoms with Crippen molar-refractivity contribution in [1.82, 2.24) is 29.7 Å². The number of piperidine rings is 1. The van der Waals surface area contributed by atoms with Crippen LogP contribution in [0.2, 0.25) is 0 Å². The van der Waals surface area contributed by atoms with Gasteiger partial charge in [0.1, 0.15) is 5.52 Å². The number of aryl methyl sites for hydroxylation is 2. The summed E-state index contributed by atoms with van der Waals surface area (Å²) in [5.74, 6) is 0.0705. The lowest BCUT2D eigenvalue weighted by Crippen LogP contribution is -2.45. The Balaban J connectivity index is 1.58. The third-order valence-electron chi connectivity index (χ3n) is 4.91. The maximum atomic E-state index is 13.1. The van der Waals surface area contributed by atoms with Crippen LogP contribution in [0.5, 0.6) is 0 Å². The molecule has 0 unspecified atom stereocenters. The number of fused-ring (bicyclic) bond motifs is 1. The first-order valence-electron chi connectivity index (χ1n) is 8.71. The fourth-order valence-corrected chi connectivity index (χ4v) is 3.58. The molecule has 3 heterocycles. The molecule has 0 bridgehead atoms. The highest BCUT2D eigenvalue weighted by Crippen LogP contribution is 2.22. The Kier molecular flexibility index (Phi) is 3.99. The number of hydrogen-bond donors (Lipinski definition) is 0. The molecule has 0 radical (unpaired) electrons. The maximum absolute atomic E-state index is 13.1. The number of amides is 1. The van der Waals surface area contributed by atoms with Crippen molar-refractivity contribution >= 4 is 16.9 Å². The molecule has 7 nitrogen and oxygen atoms in total. The van der Waals surface area contributed by atoms with Crippen LogP contribution in [-0.2, 0) is 13.6 Å². The van der Waals surface area contributed by atoms with E-state index in [4.69, 9.17) is 0 Å². The maximum Gasteiger partial charge on any atom is 0.254 e. The summed E-state index contributed by atoms with van der Waals surface area (Å²) < 4.78 is 3.66. The Morgan fingerprint density at radius 3 is 3.00 bits per heavy atom. The van der Waals surface area contributed by atoms with E-state index in [2.05, 4.69) is 15.4 Å². The van der Waals surface area contributed by atoms with Crippen LogP contribution in [0.15, 0.2) is 30.6 Å². The monoisotopic (exact) mass is 338 g/mol. The lowest BCUT2D eigenvalue weighted by molar-refractivity contribution is 0.0584. The largest absolute Gasteiger partial charge is 0.334 e. The number of benzene rings is 1. The van der Waals surface area contributed by atoms with Crippen LogP contribution in [0.3, 0.4) is 0 Å². The van der Waals surface area contributed by atoms with Crippen molar-refractivity contribution in [3.05, 3.63) is 41.7 Å². The van der Waals surface area contributed by atoms with Gasteiger partial charge in [-0.1, -0.05) is 5.21 Å². The average molecular weight is 338 g/mol. The predicted molar refractivity (Wildman–Crippen MR) is 94.1 cm³/mol. The van der Waals surface area contributed by atoms with Crippen LogP contribution < -0.4 is 0 Å². The first-order valence-corrected chi connectivity index (χ1v) is 8.71. The second kappa shape index (κ2) is 6.31. The zero-order valence-corrected chi connectivity index (χ0v) is 14.6. The molecule has 25 heavy (non-hydrogen) atoms. The van der Waals surface area contributed by atoms with E-state index in [0.29, 0.717) is 5.56 Å². The van der Waals surface area contributed by atoms with Crippen LogP contribution in [0.1, 0.15) is 35.2 Å². The molecular weight excluding hydrogens is 316 g/mol. The Morgan fingerprint density at radius 2 is 2.20 bits per heavy atom. The Morgan fingerprint density at radius 1 is 1.32 bits per heavy atom. The van der Waals surface area contributed by atoms with Gasteiger partial charge in [0, 0.05) is 25.4 Å². The summed E-state index contributed by atoms with van der Waals surface area (Å²) in [6.07, 6.45) is 7.10. The van der Waals surface area contributed by atoms with Crippen molar-refractivity contribution in [2.75, 3.05) is 6.54 Å². The summed E-state index contributed by atoms with van der Waals surface area (Å²) in [5, 5.41) is 12.5. The molecule has 3 aromatic rings. The van der Waals surface area contributed by atoms with Gasteiger partial charge >= 0.3 is 0 Å². The third-order valence-corrected chi connectivity index (χ3v) is 4.91. The van der Waals surface area contributed by atoms with Gasteiger partial charge in [-0.15, -0.1) is 5.10 Å². The fourth-order valence-electron chi connectivity index (χ4n) is 3.58. The molecule has 1 saturated heterocycles. The predicted octanol–water partition coefficient (Wildman–Crippen LogP) is 2.17. The first kappa shape index (κ1) is 15.8. The molecule has 2 aromatic heterocycles. The average Bonchev–Trinajstić information content (AvgIpc) is 3.20. The Bertz CT molecular complexity index is 911. The third kappa shape index (κ3) is 3.01. The zero-order chi connectivity index (χ0) is 17.4. The Hall–Kier alpha value is -2.70. The molecule has 4 rings (SSSR count). The van der Waals surface area contributed by atoms with Crippen molar-refractivity contribution in [3.63, 3.8) is 0 Å². The van der Waals surface area contributed by atoms with Crippen LogP contribution in [0.4, 0.5) is 0 Å². The second-order valence-corrected chi connectivity index (χ2v) is 6.80. The van der Waals surface area contributed by atoms with Gasteiger partial charge in [0.05, 0.1) is 24.3 Å². The SMILES string of the molecule is Cc1cnn(C[C@H]2CCCCN2C(=O)c2ccc3c(c2)nnn3C)c1. The number of hydrogen-bond acceptors (Lipinski definition) is 4. The molecule has 1 aliphatic rings. The van der Waals surface area contributed by atoms with Crippen LogP contribution >= 0.6 is 0 Å². The van der Waals surface area contributed by atoms with Gasteiger partial charge in [-0.2, -0.15) is 5.10 Å². The van der Waals surface area contributed by atoms with Crippen LogP contribution in [0.25, 0.3) is 11.0 Å². The van der Waals surface area contributed by atoms with E-state index in [9.17, 15) is 4.79 Å². The summed E-state index contributed by atoms with van der Waals surface area (Å²) in [7, 11) is 1.85. The number of rotatable bonds is 3. The van der Waals surface area contributed by atoms with E-state index in [0.717, 1.165) is 48.9 Å². The minimum Gasteiger partial charge on any atom is -0.334 e. The zero-order valence-electron chi connectivity index (χ0n) is 14.6. The molecule has 1 aliphatic heterocycles. The molecule has 130 valence electrons. The highest BCUT2D eigenvalue weighted by atomic mass is 16.2. The van der Waals surface area contributed by atoms with Crippen LogP contribution in [0, 0.1) is 6.92 Å². The van der Waals surface area contributed by atoms with Gasteiger partial charge in [0.15, 0.2) is 0 Å². The number of aromatic nitrogens is 5. The van der Waals surface area contributed by atoms with Crippen molar-refractivity contribution in [2.45, 2.75) is 38.8 Å². The normalized spacial score (nSPS) is 18.0. The van der Waals surface area contributed by atoms with Crippen molar-refractivity contribution in [3.8, 4) is 0 Å². The van der Waals surface area contributed by atoms with E-state index in [1.165, 1.54) is 0 Å². The minimum absolute atomic E-state index is 0.0705. The molecule has 7 heteroatoms. The lowest BCUT2D eigenvalue weighted by Gasteiger charge is -2.35. The molecule has 1 atom stereocenters. The van der Waals surface area contributed by atoms with Gasteiger partial charge in [0.2, 0.25) is 0 Å². The van der Waals surface area contributed by atoms with Crippen LogP contribution in [-0.4, -0.2) is 48.2 Å². The van der Waals surface area contributed by atoms with Crippen molar-refractivity contribution < 1.29 is 4.79 Å². The quantitative estimate of drug-likeness (QED) is 0.734. The molecule has 1 fully saturated rings. The molecular formula is C18H22N6O. The number of nitrogens with zero attached hydrogens (tertiary/aromatic N) is 6. The summed E-state index contributed by atoms with van der Waals surface area (Å²) in [5.41, 5.74) is 3.50. The second-order valence-electron chi connectivity index (χ2n) is 6.80. The molecule has 0 spiro atoms. The summed E-state index contributed by atoms with van der Waals surface area (Å²) in [6, 6.07) is 5.81. The van der Waals surface area contributed by atoms with Gasteiger partial charge in [-0.25, -0.2) is 4.68 Å².